The summed E-state index contributed by atoms with van der Waals surface area (Å²) in [7, 11) is -9.99. The zero-order chi connectivity index (χ0) is 76.0. The maximum atomic E-state index is 13.1. The van der Waals surface area contributed by atoms with Gasteiger partial charge in [0.15, 0.2) is 12.2 Å². The first-order valence-electron chi connectivity index (χ1n) is 40.1. The molecule has 0 aliphatic rings. The Morgan fingerprint density at radius 3 is 0.817 bits per heavy atom. The number of aliphatic hydroxyl groups excluding tert-OH is 1. The molecule has 0 aliphatic carbocycles. The molecule has 0 aromatic heterocycles. The standard InChI is InChI=1S/C85H142O17P2/c1-5-9-13-17-21-25-29-33-36-39-42-46-49-53-57-61-65-69-82(87)95-75-80(101-84(89)71-67-63-59-55-51-45-32-28-24-20-16-12-8-4)77-99-103(91,92)97-73-79(86)74-98-104(93,94)100-78-81(102-85(90)72-68-64-60-56-52-48-44-41-38-35-31-27-23-19-15-11-7-3)76-96-83(88)70-66-62-58-54-50-47-43-40-37-34-30-26-22-18-14-10-6-2/h9-11,13-15,21-23,25-28,32-38,42,46,53,57,79-81,86H,5-8,12,16-20,24,29-31,39-41,43-45,47-52,54-56,58-78H2,1-4H3,(H,91,92)(H,93,94)/b13-9-,14-10-,15-11-,25-21-,26-22-,27-23-,32-28-,36-33-,37-34-,38-35-,46-42-,57-53-. The van der Waals surface area contributed by atoms with Gasteiger partial charge in [-0.05, 0) is 154 Å². The van der Waals surface area contributed by atoms with Crippen LogP contribution in [-0.4, -0.2) is 96.7 Å². The highest BCUT2D eigenvalue weighted by Crippen LogP contribution is 2.45. The van der Waals surface area contributed by atoms with Gasteiger partial charge in [-0.1, -0.05) is 276 Å². The van der Waals surface area contributed by atoms with Crippen molar-refractivity contribution >= 4 is 39.5 Å². The van der Waals surface area contributed by atoms with E-state index in [0.29, 0.717) is 32.1 Å². The quantitative estimate of drug-likeness (QED) is 0.0169. The predicted molar refractivity (Wildman–Crippen MR) is 427 cm³/mol. The second-order valence-electron chi connectivity index (χ2n) is 26.2. The molecule has 19 heteroatoms. The van der Waals surface area contributed by atoms with Crippen LogP contribution in [0.4, 0.5) is 0 Å². The first-order valence-corrected chi connectivity index (χ1v) is 43.1. The van der Waals surface area contributed by atoms with Gasteiger partial charge in [-0.2, -0.15) is 0 Å². The monoisotopic (exact) mass is 1500 g/mol. The molecule has 0 aromatic rings. The summed E-state index contributed by atoms with van der Waals surface area (Å²) in [4.78, 5) is 73.0. The molecule has 5 unspecified atom stereocenters. The van der Waals surface area contributed by atoms with Crippen LogP contribution in [0.25, 0.3) is 0 Å². The first kappa shape index (κ1) is 98.9. The minimum Gasteiger partial charge on any atom is -0.462 e. The lowest BCUT2D eigenvalue weighted by Gasteiger charge is -2.21. The summed E-state index contributed by atoms with van der Waals surface area (Å²) >= 11 is 0. The number of carbonyl (C=O) groups is 4. The summed E-state index contributed by atoms with van der Waals surface area (Å²) in [5.41, 5.74) is 0. The molecule has 0 spiro atoms. The van der Waals surface area contributed by atoms with E-state index >= 15 is 0 Å². The van der Waals surface area contributed by atoms with Crippen molar-refractivity contribution < 1.29 is 80.2 Å². The van der Waals surface area contributed by atoms with Gasteiger partial charge in [-0.15, -0.1) is 0 Å². The van der Waals surface area contributed by atoms with Gasteiger partial charge in [0.05, 0.1) is 26.4 Å². The molecule has 0 bridgehead atoms. The highest BCUT2D eigenvalue weighted by Gasteiger charge is 2.30. The fourth-order valence-electron chi connectivity index (χ4n) is 10.3. The molecule has 0 aromatic carbocycles. The second-order valence-corrected chi connectivity index (χ2v) is 29.1. The van der Waals surface area contributed by atoms with Crippen LogP contribution in [0.1, 0.15) is 310 Å². The van der Waals surface area contributed by atoms with Gasteiger partial charge >= 0.3 is 39.5 Å². The van der Waals surface area contributed by atoms with Crippen molar-refractivity contribution in [2.45, 2.75) is 329 Å². The van der Waals surface area contributed by atoms with E-state index in [2.05, 4.69) is 161 Å². The highest BCUT2D eigenvalue weighted by atomic mass is 31.2. The third-order valence-electron chi connectivity index (χ3n) is 16.3. The van der Waals surface area contributed by atoms with Gasteiger partial charge in [0, 0.05) is 25.7 Å². The molecule has 3 N–H and O–H groups in total. The molecular weight excluding hydrogens is 1350 g/mol. The lowest BCUT2D eigenvalue weighted by atomic mass is 10.1. The molecule has 0 rings (SSSR count). The second kappa shape index (κ2) is 76.1. The van der Waals surface area contributed by atoms with Crippen molar-refractivity contribution in [3.8, 4) is 0 Å². The Hall–Kier alpha value is -5.06. The molecule has 0 saturated carbocycles. The van der Waals surface area contributed by atoms with Crippen LogP contribution in [0.3, 0.4) is 0 Å². The minimum absolute atomic E-state index is 0.0692. The van der Waals surface area contributed by atoms with E-state index in [4.69, 9.17) is 37.0 Å². The van der Waals surface area contributed by atoms with Crippen molar-refractivity contribution in [2.24, 2.45) is 0 Å². The number of ether oxygens (including phenoxy) is 4. The van der Waals surface area contributed by atoms with Crippen LogP contribution >= 0.6 is 15.6 Å². The average molecular weight is 1500 g/mol. The van der Waals surface area contributed by atoms with E-state index in [-0.39, 0.29) is 25.7 Å². The van der Waals surface area contributed by atoms with E-state index in [0.717, 1.165) is 199 Å². The fraction of sp³-hybridized carbons (Fsp3) is 0.671. The summed E-state index contributed by atoms with van der Waals surface area (Å²) in [5.74, 6) is -2.27. The number of hydrogen-bond donors (Lipinski definition) is 3. The Kier molecular flexibility index (Phi) is 72.4. The maximum Gasteiger partial charge on any atom is 0.472 e. The predicted octanol–water partition coefficient (Wildman–Crippen LogP) is 23.4. The molecule has 0 aliphatic heterocycles. The van der Waals surface area contributed by atoms with Crippen molar-refractivity contribution in [1.82, 2.24) is 0 Å². The third kappa shape index (κ3) is 75.2. The topological polar surface area (TPSA) is 237 Å². The number of esters is 4. The van der Waals surface area contributed by atoms with E-state index < -0.39 is 97.5 Å². The van der Waals surface area contributed by atoms with Gasteiger partial charge in [0.25, 0.3) is 0 Å². The molecular formula is C85H142O17P2. The normalized spacial score (nSPS) is 14.6. The van der Waals surface area contributed by atoms with Gasteiger partial charge in [0.2, 0.25) is 0 Å². The number of carbonyl (C=O) groups excluding carboxylic acids is 4. The average Bonchev–Trinajstić information content (AvgIpc) is 0.910. The number of rotatable bonds is 74. The number of phosphoric acid groups is 2. The molecule has 0 fully saturated rings. The number of aliphatic hydroxyl groups is 1. The SMILES string of the molecule is CC/C=C\C/C=C\C/C=C\C/C=C\C/C=C\CCCC(=O)OCC(COP(=O)(O)OCC(O)COP(=O)(O)OCC(COC(=O)CCCCCCCCC/C=C\C/C=C\C/C=C\CC)OC(=O)CCCCCCCCC/C=C\C/C=C\C/C=C\CC)OC(=O)CCCCCCC/C=C\CCCCCC. The summed E-state index contributed by atoms with van der Waals surface area (Å²) in [6.07, 6.45) is 86.9. The Bertz CT molecular complexity index is 2540. The largest absolute Gasteiger partial charge is 0.472 e. The number of hydrogen-bond acceptors (Lipinski definition) is 15. The van der Waals surface area contributed by atoms with Crippen LogP contribution in [0.15, 0.2) is 146 Å². The minimum atomic E-state index is -5.00. The Morgan fingerprint density at radius 2 is 0.510 bits per heavy atom. The molecule has 104 heavy (non-hydrogen) atoms. The van der Waals surface area contributed by atoms with Gasteiger partial charge in [0.1, 0.15) is 19.3 Å². The zero-order valence-corrected chi connectivity index (χ0v) is 66.7. The van der Waals surface area contributed by atoms with E-state index in [1.165, 1.54) is 25.7 Å². The molecule has 594 valence electrons. The molecule has 17 nitrogen and oxygen atoms in total. The first-order chi connectivity index (χ1) is 50.7. The Labute approximate surface area is 630 Å². The van der Waals surface area contributed by atoms with E-state index in [9.17, 15) is 43.2 Å². The summed E-state index contributed by atoms with van der Waals surface area (Å²) in [6, 6.07) is 0. The zero-order valence-electron chi connectivity index (χ0n) is 64.9. The molecule has 0 heterocycles. The van der Waals surface area contributed by atoms with Crippen molar-refractivity contribution in [3.63, 3.8) is 0 Å². The van der Waals surface area contributed by atoms with Gasteiger partial charge in [-0.25, -0.2) is 9.13 Å². The van der Waals surface area contributed by atoms with Crippen LogP contribution < -0.4 is 0 Å². The van der Waals surface area contributed by atoms with Crippen molar-refractivity contribution in [1.29, 1.82) is 0 Å². The third-order valence-corrected chi connectivity index (χ3v) is 18.2. The smallest absolute Gasteiger partial charge is 0.462 e. The van der Waals surface area contributed by atoms with E-state index in [1.807, 2.05) is 12.2 Å². The lowest BCUT2D eigenvalue weighted by molar-refractivity contribution is -0.161. The summed E-state index contributed by atoms with van der Waals surface area (Å²) < 4.78 is 68.6. The van der Waals surface area contributed by atoms with E-state index in [1.54, 1.807) is 0 Å². The lowest BCUT2D eigenvalue weighted by Crippen LogP contribution is -2.30. The number of phosphoric ester groups is 2. The molecule has 0 radical (unpaired) electrons. The Balaban J connectivity index is 5.42. The van der Waals surface area contributed by atoms with Gasteiger partial charge in [-0.3, -0.25) is 37.3 Å². The number of unbranched alkanes of at least 4 members (excludes halogenated alkanes) is 24. The van der Waals surface area contributed by atoms with Crippen LogP contribution in [0.5, 0.6) is 0 Å². The molecule has 0 saturated heterocycles. The fourth-order valence-corrected chi connectivity index (χ4v) is 11.9. The van der Waals surface area contributed by atoms with Crippen LogP contribution in [0, 0.1) is 0 Å². The van der Waals surface area contributed by atoms with Gasteiger partial charge < -0.3 is 33.8 Å². The molecule has 5 atom stereocenters. The highest BCUT2D eigenvalue weighted by molar-refractivity contribution is 7.47. The summed E-state index contributed by atoms with van der Waals surface area (Å²) in [5, 5.41) is 10.6. The van der Waals surface area contributed by atoms with Crippen molar-refractivity contribution in [2.75, 3.05) is 39.6 Å². The molecule has 0 amide bonds. The Morgan fingerprint density at radius 1 is 0.279 bits per heavy atom. The van der Waals surface area contributed by atoms with Crippen LogP contribution in [0.2, 0.25) is 0 Å². The summed E-state index contributed by atoms with van der Waals surface area (Å²) in [6.45, 7) is 4.44. The van der Waals surface area contributed by atoms with Crippen LogP contribution in [-0.2, 0) is 65.4 Å². The van der Waals surface area contributed by atoms with Crippen molar-refractivity contribution in [3.05, 3.63) is 146 Å². The number of allylic oxidation sites excluding steroid dienone is 24. The maximum absolute atomic E-state index is 13.1.